The van der Waals surface area contributed by atoms with E-state index in [2.05, 4.69) is 5.32 Å². The summed E-state index contributed by atoms with van der Waals surface area (Å²) in [6.45, 7) is 8.18. The highest BCUT2D eigenvalue weighted by molar-refractivity contribution is 6.30. The lowest BCUT2D eigenvalue weighted by atomic mass is 10.1. The zero-order valence-electron chi connectivity index (χ0n) is 17.0. The van der Waals surface area contributed by atoms with Gasteiger partial charge in [0.25, 0.3) is 0 Å². The highest BCUT2D eigenvalue weighted by atomic mass is 35.5. The van der Waals surface area contributed by atoms with Gasteiger partial charge in [0.15, 0.2) is 0 Å². The van der Waals surface area contributed by atoms with Gasteiger partial charge >= 0.3 is 0 Å². The molecule has 1 N–H and O–H groups in total. The number of rotatable bonds is 8. The molecule has 0 saturated carbocycles. The Morgan fingerprint density at radius 1 is 1.00 bits per heavy atom. The molecule has 150 valence electrons. The topological polar surface area (TPSA) is 49.4 Å². The van der Waals surface area contributed by atoms with Crippen LogP contribution in [-0.4, -0.2) is 28.8 Å². The van der Waals surface area contributed by atoms with Crippen molar-refractivity contribution >= 4 is 23.4 Å². The Morgan fingerprint density at radius 2 is 1.57 bits per heavy atom. The summed E-state index contributed by atoms with van der Waals surface area (Å²) in [7, 11) is 0. The molecule has 2 aromatic rings. The molecule has 2 atom stereocenters. The molecule has 0 aromatic heterocycles. The molecule has 0 aliphatic heterocycles. The number of hydrogen-bond acceptors (Lipinski definition) is 2. The quantitative estimate of drug-likeness (QED) is 0.708. The first-order chi connectivity index (χ1) is 13.3. The second-order valence-corrected chi connectivity index (χ2v) is 7.74. The van der Waals surface area contributed by atoms with Crippen molar-refractivity contribution in [1.82, 2.24) is 10.2 Å². The summed E-state index contributed by atoms with van der Waals surface area (Å²) in [6, 6.07) is 14.8. The van der Waals surface area contributed by atoms with Gasteiger partial charge in [-0.1, -0.05) is 60.5 Å². The minimum Gasteiger partial charge on any atom is -0.352 e. The molecule has 2 amide bonds. The van der Waals surface area contributed by atoms with E-state index in [1.165, 1.54) is 0 Å². The molecule has 0 unspecified atom stereocenters. The van der Waals surface area contributed by atoms with Crippen molar-refractivity contribution in [3.63, 3.8) is 0 Å². The van der Waals surface area contributed by atoms with Gasteiger partial charge < -0.3 is 10.2 Å². The molecule has 5 heteroatoms. The van der Waals surface area contributed by atoms with Gasteiger partial charge in [0.2, 0.25) is 11.8 Å². The third-order valence-electron chi connectivity index (χ3n) is 4.91. The van der Waals surface area contributed by atoms with Crippen molar-refractivity contribution in [1.29, 1.82) is 0 Å². The van der Waals surface area contributed by atoms with Gasteiger partial charge in [-0.25, -0.2) is 0 Å². The van der Waals surface area contributed by atoms with E-state index in [1.54, 1.807) is 24.0 Å². The summed E-state index contributed by atoms with van der Waals surface area (Å²) in [5.74, 6) is -0.222. The molecule has 0 spiro atoms. The van der Waals surface area contributed by atoms with Crippen molar-refractivity contribution in [2.75, 3.05) is 0 Å². The number of benzene rings is 2. The smallest absolute Gasteiger partial charge is 0.242 e. The maximum Gasteiger partial charge on any atom is 0.242 e. The number of carbonyl (C=O) groups is 2. The number of nitrogens with zero attached hydrogens (tertiary/aromatic N) is 1. The lowest BCUT2D eigenvalue weighted by Gasteiger charge is -2.30. The molecule has 2 rings (SSSR count). The molecule has 0 fully saturated rings. The summed E-state index contributed by atoms with van der Waals surface area (Å²) in [4.78, 5) is 27.4. The molecular formula is C23H29ClN2O2. The zero-order chi connectivity index (χ0) is 20.7. The van der Waals surface area contributed by atoms with E-state index in [-0.39, 0.29) is 24.3 Å². The highest BCUT2D eigenvalue weighted by Gasteiger charge is 2.26. The third kappa shape index (κ3) is 6.38. The number of hydrogen-bond donors (Lipinski definition) is 1. The Bertz CT molecular complexity index is 787. The molecule has 0 aliphatic carbocycles. The van der Waals surface area contributed by atoms with Crippen molar-refractivity contribution < 1.29 is 9.59 Å². The SMILES string of the molecule is CC[C@H](C)NC(=O)[C@H](C)N(Cc1ccc(C)cc1)C(=O)Cc1ccc(Cl)cc1. The molecular weight excluding hydrogens is 372 g/mol. The summed E-state index contributed by atoms with van der Waals surface area (Å²) >= 11 is 5.94. The van der Waals surface area contributed by atoms with Crippen molar-refractivity contribution in [3.8, 4) is 0 Å². The van der Waals surface area contributed by atoms with Crippen LogP contribution in [0.25, 0.3) is 0 Å². The molecule has 0 saturated heterocycles. The van der Waals surface area contributed by atoms with Gasteiger partial charge in [-0.2, -0.15) is 0 Å². The van der Waals surface area contributed by atoms with Crippen LogP contribution in [0.1, 0.15) is 43.9 Å². The summed E-state index contributed by atoms with van der Waals surface area (Å²) < 4.78 is 0. The van der Waals surface area contributed by atoms with Crippen LogP contribution in [0.5, 0.6) is 0 Å². The lowest BCUT2D eigenvalue weighted by molar-refractivity contribution is -0.140. The van der Waals surface area contributed by atoms with Crippen LogP contribution >= 0.6 is 11.6 Å². The minimum atomic E-state index is -0.560. The standard InChI is InChI=1S/C23H29ClN2O2/c1-5-17(3)25-23(28)18(4)26(15-20-8-6-16(2)7-9-20)22(27)14-19-10-12-21(24)13-11-19/h6-13,17-18H,5,14-15H2,1-4H3,(H,25,28)/t17-,18-/m0/s1. The lowest BCUT2D eigenvalue weighted by Crippen LogP contribution is -2.49. The van der Waals surface area contributed by atoms with E-state index >= 15 is 0 Å². The van der Waals surface area contributed by atoms with E-state index < -0.39 is 6.04 Å². The highest BCUT2D eigenvalue weighted by Crippen LogP contribution is 2.15. The second-order valence-electron chi connectivity index (χ2n) is 7.30. The number of amides is 2. The molecule has 0 bridgehead atoms. The maximum atomic E-state index is 13.1. The van der Waals surface area contributed by atoms with Crippen LogP contribution in [-0.2, 0) is 22.6 Å². The van der Waals surface area contributed by atoms with Gasteiger partial charge in [-0.05, 0) is 50.5 Å². The van der Waals surface area contributed by atoms with Gasteiger partial charge in [0, 0.05) is 17.6 Å². The van der Waals surface area contributed by atoms with Crippen LogP contribution in [0.4, 0.5) is 0 Å². The third-order valence-corrected chi connectivity index (χ3v) is 5.16. The fourth-order valence-corrected chi connectivity index (χ4v) is 2.94. The van der Waals surface area contributed by atoms with Gasteiger partial charge in [0.1, 0.15) is 6.04 Å². The maximum absolute atomic E-state index is 13.1. The molecule has 28 heavy (non-hydrogen) atoms. The van der Waals surface area contributed by atoms with E-state index in [4.69, 9.17) is 11.6 Å². The Kier molecular flexibility index (Phi) is 8.06. The van der Waals surface area contributed by atoms with Crippen LogP contribution in [0.15, 0.2) is 48.5 Å². The first kappa shape index (κ1) is 22.0. The van der Waals surface area contributed by atoms with E-state index in [1.807, 2.05) is 57.2 Å². The van der Waals surface area contributed by atoms with Crippen molar-refractivity contribution in [2.24, 2.45) is 0 Å². The van der Waals surface area contributed by atoms with E-state index in [9.17, 15) is 9.59 Å². The number of carbonyl (C=O) groups excluding carboxylic acids is 2. The molecule has 0 aliphatic rings. The predicted octanol–water partition coefficient (Wildman–Crippen LogP) is 4.52. The Morgan fingerprint density at radius 3 is 2.14 bits per heavy atom. The Hall–Kier alpha value is -2.33. The van der Waals surface area contributed by atoms with Gasteiger partial charge in [-0.15, -0.1) is 0 Å². The van der Waals surface area contributed by atoms with E-state index in [0.717, 1.165) is 23.1 Å². The van der Waals surface area contributed by atoms with Crippen LogP contribution in [0.2, 0.25) is 5.02 Å². The first-order valence-electron chi connectivity index (χ1n) is 9.70. The van der Waals surface area contributed by atoms with E-state index in [0.29, 0.717) is 11.6 Å². The predicted molar refractivity (Wildman–Crippen MR) is 114 cm³/mol. The molecule has 2 aromatic carbocycles. The van der Waals surface area contributed by atoms with Crippen LogP contribution in [0, 0.1) is 6.92 Å². The number of aryl methyl sites for hydroxylation is 1. The van der Waals surface area contributed by atoms with Crippen LogP contribution < -0.4 is 5.32 Å². The average molecular weight is 401 g/mol. The fourth-order valence-electron chi connectivity index (χ4n) is 2.82. The summed E-state index contributed by atoms with van der Waals surface area (Å²) in [5, 5.41) is 3.61. The summed E-state index contributed by atoms with van der Waals surface area (Å²) in [5.41, 5.74) is 3.03. The molecule has 0 heterocycles. The van der Waals surface area contributed by atoms with Crippen molar-refractivity contribution in [3.05, 3.63) is 70.2 Å². The van der Waals surface area contributed by atoms with Gasteiger partial charge in [0.05, 0.1) is 6.42 Å². The molecule has 4 nitrogen and oxygen atoms in total. The summed E-state index contributed by atoms with van der Waals surface area (Å²) in [6.07, 6.45) is 1.07. The monoisotopic (exact) mass is 400 g/mol. The zero-order valence-corrected chi connectivity index (χ0v) is 17.8. The number of halogens is 1. The fraction of sp³-hybridized carbons (Fsp3) is 0.391. The van der Waals surface area contributed by atoms with Crippen LogP contribution in [0.3, 0.4) is 0 Å². The largest absolute Gasteiger partial charge is 0.352 e. The van der Waals surface area contributed by atoms with Crippen molar-refractivity contribution in [2.45, 2.75) is 59.2 Å². The second kappa shape index (κ2) is 10.3. The minimum absolute atomic E-state index is 0.0718. The average Bonchev–Trinajstić information content (AvgIpc) is 2.68. The Balaban J connectivity index is 2.20. The first-order valence-corrected chi connectivity index (χ1v) is 10.1. The van der Waals surface area contributed by atoms with Gasteiger partial charge in [-0.3, -0.25) is 9.59 Å². The normalized spacial score (nSPS) is 12.9. The molecule has 0 radical (unpaired) electrons. The Labute approximate surface area is 172 Å². The number of nitrogens with one attached hydrogen (secondary N) is 1.